The predicted octanol–water partition coefficient (Wildman–Crippen LogP) is 4.57. The van der Waals surface area contributed by atoms with Crippen molar-refractivity contribution in [3.05, 3.63) is 53.6 Å². The number of amides is 1. The van der Waals surface area contributed by atoms with Gasteiger partial charge in [-0.15, -0.1) is 0 Å². The molecule has 0 unspecified atom stereocenters. The molecule has 2 aromatic rings. The largest absolute Gasteiger partial charge is 0.456 e. The normalized spacial score (nSPS) is 10.3. The van der Waals surface area contributed by atoms with E-state index in [1.54, 1.807) is 63.2 Å². The molecule has 6 heteroatoms. The molecule has 1 amide bonds. The van der Waals surface area contributed by atoms with Gasteiger partial charge in [-0.2, -0.15) is 10.5 Å². The number of nitrogens with zero attached hydrogens (tertiary/aromatic N) is 2. The first-order valence-electron chi connectivity index (χ1n) is 7.53. The van der Waals surface area contributed by atoms with E-state index in [1.807, 2.05) is 12.1 Å². The molecule has 0 fully saturated rings. The van der Waals surface area contributed by atoms with Crippen LogP contribution >= 0.6 is 0 Å². The van der Waals surface area contributed by atoms with Crippen molar-refractivity contribution < 1.29 is 14.3 Å². The van der Waals surface area contributed by atoms with Gasteiger partial charge in [0.15, 0.2) is 0 Å². The number of hydrogen-bond donors (Lipinski definition) is 1. The third-order valence-electron chi connectivity index (χ3n) is 2.99. The zero-order valence-corrected chi connectivity index (χ0v) is 14.2. The van der Waals surface area contributed by atoms with Crippen molar-refractivity contribution in [3.8, 4) is 23.6 Å². The van der Waals surface area contributed by atoms with E-state index in [2.05, 4.69) is 5.32 Å². The predicted molar refractivity (Wildman–Crippen MR) is 92.2 cm³/mol. The smallest absolute Gasteiger partial charge is 0.412 e. The summed E-state index contributed by atoms with van der Waals surface area (Å²) >= 11 is 0. The summed E-state index contributed by atoms with van der Waals surface area (Å²) in [6.07, 6.45) is -0.547. The van der Waals surface area contributed by atoms with E-state index in [4.69, 9.17) is 14.7 Å². The van der Waals surface area contributed by atoms with Crippen LogP contribution in [0, 0.1) is 22.7 Å². The van der Waals surface area contributed by atoms with Crippen molar-refractivity contribution in [2.45, 2.75) is 26.4 Å². The third kappa shape index (κ3) is 4.98. The summed E-state index contributed by atoms with van der Waals surface area (Å²) in [6, 6.07) is 15.3. The number of nitriles is 2. The Labute approximate surface area is 146 Å². The molecule has 6 nitrogen and oxygen atoms in total. The fourth-order valence-corrected chi connectivity index (χ4v) is 1.98. The minimum atomic E-state index is -0.577. The highest BCUT2D eigenvalue weighted by molar-refractivity contribution is 5.84. The van der Waals surface area contributed by atoms with Crippen LogP contribution in [0.1, 0.15) is 31.9 Å². The second-order valence-electron chi connectivity index (χ2n) is 6.16. The highest BCUT2D eigenvalue weighted by Crippen LogP contribution is 2.28. The summed E-state index contributed by atoms with van der Waals surface area (Å²) in [6.45, 7) is 5.35. The molecule has 2 rings (SSSR count). The first kappa shape index (κ1) is 17.8. The van der Waals surface area contributed by atoms with Gasteiger partial charge in [-0.3, -0.25) is 5.32 Å². The Hall–Kier alpha value is -3.51. The molecule has 1 N–H and O–H groups in total. The number of carbonyl (C=O) groups is 1. The lowest BCUT2D eigenvalue weighted by Gasteiger charge is -2.19. The van der Waals surface area contributed by atoms with Crippen LogP contribution < -0.4 is 10.1 Å². The van der Waals surface area contributed by atoms with Gasteiger partial charge in [-0.25, -0.2) is 4.79 Å². The van der Waals surface area contributed by atoms with E-state index >= 15 is 0 Å². The van der Waals surface area contributed by atoms with E-state index in [-0.39, 0.29) is 11.1 Å². The highest BCUT2D eigenvalue weighted by atomic mass is 16.6. The minimum absolute atomic E-state index is 0.181. The van der Waals surface area contributed by atoms with Crippen molar-refractivity contribution in [2.75, 3.05) is 5.32 Å². The van der Waals surface area contributed by atoms with Gasteiger partial charge in [0, 0.05) is 5.69 Å². The minimum Gasteiger partial charge on any atom is -0.456 e. The van der Waals surface area contributed by atoms with Gasteiger partial charge in [0.05, 0.1) is 5.56 Å². The Bertz CT molecular complexity index is 853. The molecule has 0 aromatic heterocycles. The first-order valence-corrected chi connectivity index (χ1v) is 7.53. The monoisotopic (exact) mass is 335 g/mol. The summed E-state index contributed by atoms with van der Waals surface area (Å²) in [5.41, 5.74) is 0.407. The number of carbonyl (C=O) groups excluding carboxylic acids is 1. The molecule has 0 aliphatic rings. The SMILES string of the molecule is CC(C)(C)OC(=O)Nc1ccc(Oc2cccc(C#N)c2C#N)cc1. The molecule has 0 heterocycles. The summed E-state index contributed by atoms with van der Waals surface area (Å²) in [5, 5.41) is 20.9. The maximum absolute atomic E-state index is 11.7. The summed E-state index contributed by atoms with van der Waals surface area (Å²) in [5.74, 6) is 0.774. The van der Waals surface area contributed by atoms with Crippen molar-refractivity contribution in [3.63, 3.8) is 0 Å². The van der Waals surface area contributed by atoms with E-state index in [0.29, 0.717) is 17.2 Å². The molecule has 0 spiro atoms. The number of rotatable bonds is 3. The number of hydrogen-bond acceptors (Lipinski definition) is 5. The van der Waals surface area contributed by atoms with E-state index in [9.17, 15) is 10.1 Å². The Morgan fingerprint density at radius 1 is 1.04 bits per heavy atom. The lowest BCUT2D eigenvalue weighted by Crippen LogP contribution is -2.27. The summed E-state index contributed by atoms with van der Waals surface area (Å²) < 4.78 is 10.8. The summed E-state index contributed by atoms with van der Waals surface area (Å²) in [7, 11) is 0. The van der Waals surface area contributed by atoms with Crippen LogP contribution in [0.15, 0.2) is 42.5 Å². The lowest BCUT2D eigenvalue weighted by molar-refractivity contribution is 0.0636. The van der Waals surface area contributed by atoms with Crippen LogP contribution in [0.3, 0.4) is 0 Å². The average Bonchev–Trinajstić information content (AvgIpc) is 2.54. The third-order valence-corrected chi connectivity index (χ3v) is 2.99. The quantitative estimate of drug-likeness (QED) is 0.886. The van der Waals surface area contributed by atoms with Crippen LogP contribution in [0.25, 0.3) is 0 Å². The van der Waals surface area contributed by atoms with Crippen molar-refractivity contribution in [1.29, 1.82) is 10.5 Å². The van der Waals surface area contributed by atoms with Crippen LogP contribution in [-0.4, -0.2) is 11.7 Å². The Morgan fingerprint density at radius 3 is 2.28 bits per heavy atom. The number of nitrogens with one attached hydrogen (secondary N) is 1. The van der Waals surface area contributed by atoms with Crippen LogP contribution in [0.5, 0.6) is 11.5 Å². The molecular formula is C19H17N3O3. The maximum atomic E-state index is 11.7. The molecule has 0 saturated heterocycles. The molecule has 0 atom stereocenters. The Balaban J connectivity index is 2.11. The van der Waals surface area contributed by atoms with Crippen LogP contribution in [0.4, 0.5) is 10.5 Å². The molecule has 25 heavy (non-hydrogen) atoms. The van der Waals surface area contributed by atoms with E-state index < -0.39 is 11.7 Å². The van der Waals surface area contributed by atoms with Crippen molar-refractivity contribution >= 4 is 11.8 Å². The fraction of sp³-hybridized carbons (Fsp3) is 0.211. The molecule has 2 aromatic carbocycles. The number of ether oxygens (including phenoxy) is 2. The zero-order valence-electron chi connectivity index (χ0n) is 14.2. The lowest BCUT2D eigenvalue weighted by atomic mass is 10.1. The molecule has 126 valence electrons. The molecule has 0 saturated carbocycles. The molecular weight excluding hydrogens is 318 g/mol. The summed E-state index contributed by atoms with van der Waals surface area (Å²) in [4.78, 5) is 11.7. The second kappa shape index (κ2) is 7.37. The molecule has 0 aliphatic heterocycles. The van der Waals surface area contributed by atoms with Gasteiger partial charge in [0.1, 0.15) is 34.8 Å². The topological polar surface area (TPSA) is 95.1 Å². The Kier molecular flexibility index (Phi) is 5.26. The fourth-order valence-electron chi connectivity index (χ4n) is 1.98. The van der Waals surface area contributed by atoms with Gasteiger partial charge in [-0.1, -0.05) is 6.07 Å². The average molecular weight is 335 g/mol. The van der Waals surface area contributed by atoms with Gasteiger partial charge in [-0.05, 0) is 57.2 Å². The standard InChI is InChI=1S/C19H17N3O3/c1-19(2,3)25-18(23)22-14-7-9-15(10-8-14)24-17-6-4-5-13(11-20)16(17)12-21/h4-10H,1-3H3,(H,22,23). The van der Waals surface area contributed by atoms with Crippen LogP contribution in [0.2, 0.25) is 0 Å². The van der Waals surface area contributed by atoms with Gasteiger partial charge < -0.3 is 9.47 Å². The Morgan fingerprint density at radius 2 is 1.72 bits per heavy atom. The number of anilines is 1. The van der Waals surface area contributed by atoms with Gasteiger partial charge in [0.2, 0.25) is 0 Å². The molecule has 0 aliphatic carbocycles. The highest BCUT2D eigenvalue weighted by Gasteiger charge is 2.16. The van der Waals surface area contributed by atoms with Crippen LogP contribution in [-0.2, 0) is 4.74 Å². The zero-order chi connectivity index (χ0) is 18.4. The molecule has 0 bridgehead atoms. The maximum Gasteiger partial charge on any atom is 0.412 e. The van der Waals surface area contributed by atoms with E-state index in [0.717, 1.165) is 0 Å². The first-order chi connectivity index (χ1) is 11.8. The molecule has 0 radical (unpaired) electrons. The van der Waals surface area contributed by atoms with Gasteiger partial charge in [0.25, 0.3) is 0 Å². The van der Waals surface area contributed by atoms with Crippen molar-refractivity contribution in [1.82, 2.24) is 0 Å². The second-order valence-corrected chi connectivity index (χ2v) is 6.16. The van der Waals surface area contributed by atoms with Crippen molar-refractivity contribution in [2.24, 2.45) is 0 Å². The number of benzene rings is 2. The van der Waals surface area contributed by atoms with E-state index in [1.165, 1.54) is 0 Å². The van der Waals surface area contributed by atoms with Gasteiger partial charge >= 0.3 is 6.09 Å².